The summed E-state index contributed by atoms with van der Waals surface area (Å²) in [6.07, 6.45) is 5.40. The van der Waals surface area contributed by atoms with Crippen LogP contribution in [-0.4, -0.2) is 9.97 Å². The summed E-state index contributed by atoms with van der Waals surface area (Å²) < 4.78 is 14.1. The van der Waals surface area contributed by atoms with E-state index in [1.165, 1.54) is 11.6 Å². The SMILES string of the molecule is Cc1ccc2c(-c3ccc(F)c4ncc(C)cc34)cncc2c1. The smallest absolute Gasteiger partial charge is 0.149 e. The van der Waals surface area contributed by atoms with E-state index in [0.29, 0.717) is 5.52 Å². The molecule has 0 saturated carbocycles. The number of halogens is 1. The number of fused-ring (bicyclic) bond motifs is 2. The summed E-state index contributed by atoms with van der Waals surface area (Å²) in [5.41, 5.74) is 4.56. The monoisotopic (exact) mass is 302 g/mol. The van der Waals surface area contributed by atoms with Gasteiger partial charge in [-0.2, -0.15) is 0 Å². The number of aromatic nitrogens is 2. The summed E-state index contributed by atoms with van der Waals surface area (Å²) in [7, 11) is 0. The Morgan fingerprint density at radius 2 is 1.65 bits per heavy atom. The highest BCUT2D eigenvalue weighted by Gasteiger charge is 2.12. The molecule has 2 heterocycles. The maximum atomic E-state index is 14.1. The molecule has 0 spiro atoms. The molecule has 0 aliphatic heterocycles. The molecule has 0 radical (unpaired) electrons. The van der Waals surface area contributed by atoms with Gasteiger partial charge in [0.15, 0.2) is 0 Å². The van der Waals surface area contributed by atoms with E-state index in [1.807, 2.05) is 31.5 Å². The van der Waals surface area contributed by atoms with Crippen LogP contribution < -0.4 is 0 Å². The predicted molar refractivity (Wildman–Crippen MR) is 91.9 cm³/mol. The summed E-state index contributed by atoms with van der Waals surface area (Å²) in [5.74, 6) is -0.298. The van der Waals surface area contributed by atoms with E-state index in [-0.39, 0.29) is 5.82 Å². The van der Waals surface area contributed by atoms with Crippen LogP contribution in [0.3, 0.4) is 0 Å². The summed E-state index contributed by atoms with van der Waals surface area (Å²) in [4.78, 5) is 8.63. The number of pyridine rings is 2. The number of hydrogen-bond donors (Lipinski definition) is 0. The first kappa shape index (κ1) is 13.8. The number of rotatable bonds is 1. The number of nitrogens with zero attached hydrogens (tertiary/aromatic N) is 2. The van der Waals surface area contributed by atoms with Crippen LogP contribution in [0.2, 0.25) is 0 Å². The molecule has 2 aromatic heterocycles. The quantitative estimate of drug-likeness (QED) is 0.482. The van der Waals surface area contributed by atoms with Crippen LogP contribution in [-0.2, 0) is 0 Å². The number of hydrogen-bond acceptors (Lipinski definition) is 2. The molecule has 4 aromatic rings. The summed E-state index contributed by atoms with van der Waals surface area (Å²) in [5, 5.41) is 3.01. The molecular formula is C20H15FN2. The molecule has 0 unspecified atom stereocenters. The lowest BCUT2D eigenvalue weighted by atomic mass is 9.96. The van der Waals surface area contributed by atoms with Crippen molar-refractivity contribution in [3.8, 4) is 11.1 Å². The molecule has 2 aromatic carbocycles. The third-order valence-electron chi connectivity index (χ3n) is 4.14. The van der Waals surface area contributed by atoms with Gasteiger partial charge in [0.05, 0.1) is 0 Å². The van der Waals surface area contributed by atoms with Gasteiger partial charge in [-0.3, -0.25) is 9.97 Å². The Kier molecular flexibility index (Phi) is 3.08. The van der Waals surface area contributed by atoms with Crippen molar-refractivity contribution >= 4 is 21.7 Å². The van der Waals surface area contributed by atoms with Crippen molar-refractivity contribution in [2.75, 3.05) is 0 Å². The fraction of sp³-hybridized carbons (Fsp3) is 0.100. The molecule has 2 nitrogen and oxygen atoms in total. The predicted octanol–water partition coefficient (Wildman–Crippen LogP) is 5.21. The van der Waals surface area contributed by atoms with Crippen LogP contribution in [0.5, 0.6) is 0 Å². The average Bonchev–Trinajstić information content (AvgIpc) is 2.54. The van der Waals surface area contributed by atoms with Gasteiger partial charge in [0.1, 0.15) is 11.3 Å². The Morgan fingerprint density at radius 1 is 0.783 bits per heavy atom. The number of benzene rings is 2. The first-order valence-electron chi connectivity index (χ1n) is 7.53. The molecule has 0 bridgehead atoms. The van der Waals surface area contributed by atoms with Gasteiger partial charge in [-0.05, 0) is 48.6 Å². The third-order valence-corrected chi connectivity index (χ3v) is 4.14. The topological polar surface area (TPSA) is 25.8 Å². The second kappa shape index (κ2) is 5.13. The van der Waals surface area contributed by atoms with E-state index >= 15 is 0 Å². The second-order valence-electron chi connectivity index (χ2n) is 5.92. The third kappa shape index (κ3) is 2.25. The maximum absolute atomic E-state index is 14.1. The molecule has 3 heteroatoms. The van der Waals surface area contributed by atoms with Gasteiger partial charge in [-0.1, -0.05) is 23.8 Å². The molecule has 4 rings (SSSR count). The van der Waals surface area contributed by atoms with Crippen molar-refractivity contribution in [3.05, 3.63) is 71.9 Å². The average molecular weight is 302 g/mol. The standard InChI is InChI=1S/C20H15FN2/c1-12-3-4-15-14(7-12)10-22-11-18(15)16-5-6-19(21)20-17(16)8-13(2)9-23-20/h3-11H,1-2H3. The Balaban J connectivity index is 2.11. The number of aryl methyl sites for hydroxylation is 2. The fourth-order valence-corrected chi connectivity index (χ4v) is 3.04. The van der Waals surface area contributed by atoms with Gasteiger partial charge >= 0.3 is 0 Å². The van der Waals surface area contributed by atoms with Crippen LogP contribution in [0.25, 0.3) is 32.8 Å². The molecule has 0 saturated heterocycles. The highest BCUT2D eigenvalue weighted by atomic mass is 19.1. The van der Waals surface area contributed by atoms with Gasteiger partial charge in [0, 0.05) is 34.9 Å². The van der Waals surface area contributed by atoms with E-state index in [0.717, 1.165) is 32.8 Å². The Hall–Kier alpha value is -2.81. The minimum absolute atomic E-state index is 0.298. The van der Waals surface area contributed by atoms with Crippen LogP contribution >= 0.6 is 0 Å². The molecule has 0 aliphatic rings. The molecule has 112 valence electrons. The van der Waals surface area contributed by atoms with Crippen molar-refractivity contribution in [3.63, 3.8) is 0 Å². The molecule has 0 fully saturated rings. The first-order valence-corrected chi connectivity index (χ1v) is 7.53. The van der Waals surface area contributed by atoms with Gasteiger partial charge in [-0.15, -0.1) is 0 Å². The van der Waals surface area contributed by atoms with E-state index in [4.69, 9.17) is 0 Å². The summed E-state index contributed by atoms with van der Waals surface area (Å²) in [6, 6.07) is 11.6. The lowest BCUT2D eigenvalue weighted by Crippen LogP contribution is -1.91. The van der Waals surface area contributed by atoms with Gasteiger partial charge in [0.2, 0.25) is 0 Å². The first-order chi connectivity index (χ1) is 11.1. The molecule has 23 heavy (non-hydrogen) atoms. The molecule has 0 amide bonds. The van der Waals surface area contributed by atoms with Crippen LogP contribution in [0.1, 0.15) is 11.1 Å². The van der Waals surface area contributed by atoms with Gasteiger partial charge < -0.3 is 0 Å². The summed E-state index contributed by atoms with van der Waals surface area (Å²) >= 11 is 0. The minimum Gasteiger partial charge on any atom is -0.263 e. The highest BCUT2D eigenvalue weighted by molar-refractivity contribution is 6.04. The molecular weight excluding hydrogens is 287 g/mol. The molecule has 0 atom stereocenters. The van der Waals surface area contributed by atoms with Crippen molar-refractivity contribution in [2.24, 2.45) is 0 Å². The summed E-state index contributed by atoms with van der Waals surface area (Å²) in [6.45, 7) is 4.03. The van der Waals surface area contributed by atoms with Crippen LogP contribution in [0.4, 0.5) is 4.39 Å². The van der Waals surface area contributed by atoms with E-state index in [9.17, 15) is 4.39 Å². The molecule has 0 N–H and O–H groups in total. The van der Waals surface area contributed by atoms with Gasteiger partial charge in [0.25, 0.3) is 0 Å². The Labute approximate surface area is 133 Å². The normalized spacial score (nSPS) is 11.3. The maximum Gasteiger partial charge on any atom is 0.149 e. The lowest BCUT2D eigenvalue weighted by Gasteiger charge is -2.11. The van der Waals surface area contributed by atoms with Crippen LogP contribution in [0, 0.1) is 19.7 Å². The van der Waals surface area contributed by atoms with Crippen molar-refractivity contribution in [2.45, 2.75) is 13.8 Å². The van der Waals surface area contributed by atoms with Crippen molar-refractivity contribution in [1.29, 1.82) is 0 Å². The Morgan fingerprint density at radius 3 is 2.52 bits per heavy atom. The zero-order valence-corrected chi connectivity index (χ0v) is 13.0. The van der Waals surface area contributed by atoms with E-state index in [1.54, 1.807) is 6.20 Å². The zero-order valence-electron chi connectivity index (χ0n) is 13.0. The van der Waals surface area contributed by atoms with Crippen molar-refractivity contribution in [1.82, 2.24) is 9.97 Å². The van der Waals surface area contributed by atoms with Gasteiger partial charge in [-0.25, -0.2) is 4.39 Å². The van der Waals surface area contributed by atoms with E-state index < -0.39 is 0 Å². The fourth-order valence-electron chi connectivity index (χ4n) is 3.04. The van der Waals surface area contributed by atoms with Crippen molar-refractivity contribution < 1.29 is 4.39 Å². The Bertz CT molecular complexity index is 1050. The largest absolute Gasteiger partial charge is 0.263 e. The zero-order chi connectivity index (χ0) is 16.0. The molecule has 0 aliphatic carbocycles. The lowest BCUT2D eigenvalue weighted by molar-refractivity contribution is 0.637. The second-order valence-corrected chi connectivity index (χ2v) is 5.92. The minimum atomic E-state index is -0.298. The van der Waals surface area contributed by atoms with E-state index in [2.05, 4.69) is 35.1 Å². The van der Waals surface area contributed by atoms with Crippen LogP contribution in [0.15, 0.2) is 55.0 Å². The highest BCUT2D eigenvalue weighted by Crippen LogP contribution is 2.34.